The monoisotopic (exact) mass is 473 g/mol. The first-order chi connectivity index (χ1) is 16.5. The number of aromatic hydroxyl groups is 1. The molecular formula is C26H23N3O4S. The van der Waals surface area contributed by atoms with E-state index in [1.807, 2.05) is 32.0 Å². The van der Waals surface area contributed by atoms with E-state index in [4.69, 9.17) is 14.2 Å². The van der Waals surface area contributed by atoms with E-state index >= 15 is 0 Å². The molecule has 0 aliphatic heterocycles. The first kappa shape index (κ1) is 20.9. The van der Waals surface area contributed by atoms with E-state index < -0.39 is 0 Å². The molecule has 3 heterocycles. The number of hydrogen-bond donors (Lipinski definition) is 1. The number of ether oxygens (including phenoxy) is 1. The Kier molecular flexibility index (Phi) is 4.91. The van der Waals surface area contributed by atoms with Crippen molar-refractivity contribution in [3.05, 3.63) is 70.3 Å². The van der Waals surface area contributed by atoms with Gasteiger partial charge in [-0.1, -0.05) is 17.3 Å². The van der Waals surface area contributed by atoms with Gasteiger partial charge in [0.2, 0.25) is 0 Å². The third-order valence-corrected chi connectivity index (χ3v) is 7.18. The fourth-order valence-corrected chi connectivity index (χ4v) is 5.50. The summed E-state index contributed by atoms with van der Waals surface area (Å²) in [7, 11) is 0. The minimum atomic E-state index is -0.169. The Morgan fingerprint density at radius 2 is 2.09 bits per heavy atom. The van der Waals surface area contributed by atoms with Crippen LogP contribution in [0.3, 0.4) is 0 Å². The van der Waals surface area contributed by atoms with Crippen LogP contribution < -0.4 is 10.3 Å². The van der Waals surface area contributed by atoms with Crippen molar-refractivity contribution in [3.8, 4) is 22.9 Å². The highest BCUT2D eigenvalue weighted by atomic mass is 32.1. The van der Waals surface area contributed by atoms with Gasteiger partial charge in [0.15, 0.2) is 5.76 Å². The van der Waals surface area contributed by atoms with E-state index in [0.717, 1.165) is 29.7 Å². The summed E-state index contributed by atoms with van der Waals surface area (Å²) in [5, 5.41) is 15.4. The largest absolute Gasteiger partial charge is 0.506 e. The van der Waals surface area contributed by atoms with Gasteiger partial charge in [-0.2, -0.15) is 0 Å². The van der Waals surface area contributed by atoms with E-state index in [-0.39, 0.29) is 24.0 Å². The van der Waals surface area contributed by atoms with E-state index in [0.29, 0.717) is 37.8 Å². The van der Waals surface area contributed by atoms with Crippen LogP contribution in [0.5, 0.6) is 11.5 Å². The number of benzene rings is 2. The van der Waals surface area contributed by atoms with Crippen molar-refractivity contribution in [1.29, 1.82) is 0 Å². The van der Waals surface area contributed by atoms with Gasteiger partial charge in [0.1, 0.15) is 22.2 Å². The minimum absolute atomic E-state index is 0.0724. The van der Waals surface area contributed by atoms with Crippen molar-refractivity contribution in [2.45, 2.75) is 45.3 Å². The maximum Gasteiger partial charge on any atom is 0.263 e. The van der Waals surface area contributed by atoms with Gasteiger partial charge < -0.3 is 14.4 Å². The minimum Gasteiger partial charge on any atom is -0.506 e. The van der Waals surface area contributed by atoms with Crippen LogP contribution in [0.2, 0.25) is 0 Å². The SMILES string of the molecule is CC(C)Oc1ccc(-c2nc3sc4c(O)cccc4c3c(=O)n2Cc2ccno2)c(C2CC2)c1. The average Bonchev–Trinajstić information content (AvgIpc) is 3.39. The smallest absolute Gasteiger partial charge is 0.263 e. The lowest BCUT2D eigenvalue weighted by Gasteiger charge is -2.17. The van der Waals surface area contributed by atoms with Crippen LogP contribution in [0.4, 0.5) is 0 Å². The molecule has 0 unspecified atom stereocenters. The Hall–Kier alpha value is -3.65. The Morgan fingerprint density at radius 1 is 1.24 bits per heavy atom. The van der Waals surface area contributed by atoms with Gasteiger partial charge in [0.05, 0.1) is 28.9 Å². The second-order valence-corrected chi connectivity index (χ2v) is 9.93. The van der Waals surface area contributed by atoms with E-state index in [1.54, 1.807) is 29.0 Å². The number of fused-ring (bicyclic) bond motifs is 3. The quantitative estimate of drug-likeness (QED) is 0.341. The van der Waals surface area contributed by atoms with E-state index in [1.165, 1.54) is 11.3 Å². The second-order valence-electron chi connectivity index (χ2n) is 8.93. The summed E-state index contributed by atoms with van der Waals surface area (Å²) >= 11 is 1.33. The topological polar surface area (TPSA) is 90.4 Å². The zero-order valence-corrected chi connectivity index (χ0v) is 19.6. The number of phenolic OH excluding ortho intramolecular Hbond substituents is 1. The molecular weight excluding hydrogens is 450 g/mol. The average molecular weight is 474 g/mol. The molecule has 0 bridgehead atoms. The van der Waals surface area contributed by atoms with Gasteiger partial charge in [-0.25, -0.2) is 4.98 Å². The van der Waals surface area contributed by atoms with Crippen LogP contribution in [0, 0.1) is 0 Å². The summed E-state index contributed by atoms with van der Waals surface area (Å²) in [5.74, 6) is 2.54. The molecule has 0 radical (unpaired) electrons. The number of thiophene rings is 1. The summed E-state index contributed by atoms with van der Waals surface area (Å²) in [4.78, 5) is 19.5. The lowest BCUT2D eigenvalue weighted by molar-refractivity contribution is 0.242. The molecule has 7 nitrogen and oxygen atoms in total. The maximum absolute atomic E-state index is 13.9. The molecule has 0 spiro atoms. The predicted molar refractivity (Wildman–Crippen MR) is 132 cm³/mol. The predicted octanol–water partition coefficient (Wildman–Crippen LogP) is 5.68. The highest BCUT2D eigenvalue weighted by Gasteiger charge is 2.29. The van der Waals surface area contributed by atoms with Crippen LogP contribution in [-0.4, -0.2) is 25.9 Å². The summed E-state index contributed by atoms with van der Waals surface area (Å²) in [6.45, 7) is 4.22. The standard InChI is InChI=1S/C26H23N3O4S/c1-14(2)32-16-8-9-18(20(12-16)15-6-7-15)24-28-25-22(19-4-3-5-21(30)23(19)34-25)26(31)29(24)13-17-10-11-27-33-17/h3-5,8-12,14-15,30H,6-7,13H2,1-2H3. The molecule has 172 valence electrons. The molecule has 2 aromatic carbocycles. The summed E-state index contributed by atoms with van der Waals surface area (Å²) in [6, 6.07) is 13.0. The van der Waals surface area contributed by atoms with Gasteiger partial charge in [0, 0.05) is 17.0 Å². The molecule has 5 aromatic rings. The van der Waals surface area contributed by atoms with Crippen molar-refractivity contribution >= 4 is 31.6 Å². The van der Waals surface area contributed by atoms with Crippen LogP contribution >= 0.6 is 11.3 Å². The van der Waals surface area contributed by atoms with Gasteiger partial charge in [-0.05, 0) is 62.4 Å². The zero-order chi connectivity index (χ0) is 23.4. The molecule has 0 amide bonds. The first-order valence-corrected chi connectivity index (χ1v) is 12.2. The zero-order valence-electron chi connectivity index (χ0n) is 18.8. The molecule has 8 heteroatoms. The molecule has 6 rings (SSSR count). The van der Waals surface area contributed by atoms with E-state index in [2.05, 4.69) is 11.2 Å². The van der Waals surface area contributed by atoms with Gasteiger partial charge in [0.25, 0.3) is 5.56 Å². The number of phenols is 1. The maximum atomic E-state index is 13.9. The van der Waals surface area contributed by atoms with Crippen molar-refractivity contribution < 1.29 is 14.4 Å². The lowest BCUT2D eigenvalue weighted by Crippen LogP contribution is -2.24. The second kappa shape index (κ2) is 7.99. The Bertz CT molecular complexity index is 1580. The van der Waals surface area contributed by atoms with Crippen molar-refractivity contribution in [3.63, 3.8) is 0 Å². The Morgan fingerprint density at radius 3 is 2.82 bits per heavy atom. The van der Waals surface area contributed by atoms with Crippen LogP contribution in [0.25, 0.3) is 31.7 Å². The fourth-order valence-electron chi connectivity index (χ4n) is 4.42. The Balaban J connectivity index is 1.63. The summed E-state index contributed by atoms with van der Waals surface area (Å²) < 4.78 is 13.6. The molecule has 1 N–H and O–H groups in total. The normalized spacial score (nSPS) is 13.9. The number of rotatable bonds is 6. The lowest BCUT2D eigenvalue weighted by atomic mass is 10.0. The molecule has 1 aliphatic carbocycles. The summed E-state index contributed by atoms with van der Waals surface area (Å²) in [6.07, 6.45) is 3.84. The van der Waals surface area contributed by atoms with E-state index in [9.17, 15) is 9.90 Å². The highest BCUT2D eigenvalue weighted by Crippen LogP contribution is 2.46. The molecule has 1 fully saturated rings. The van der Waals surface area contributed by atoms with Crippen molar-refractivity contribution in [1.82, 2.24) is 14.7 Å². The van der Waals surface area contributed by atoms with Crippen LogP contribution in [0.15, 0.2) is 58.0 Å². The third-order valence-electron chi connectivity index (χ3n) is 6.06. The first-order valence-electron chi connectivity index (χ1n) is 11.3. The van der Waals surface area contributed by atoms with Gasteiger partial charge in [-0.15, -0.1) is 11.3 Å². The van der Waals surface area contributed by atoms with Crippen LogP contribution in [0.1, 0.15) is 43.9 Å². The molecule has 0 saturated heterocycles. The molecule has 1 aliphatic rings. The van der Waals surface area contributed by atoms with Crippen molar-refractivity contribution in [2.24, 2.45) is 0 Å². The number of nitrogens with zero attached hydrogens (tertiary/aromatic N) is 3. The molecule has 34 heavy (non-hydrogen) atoms. The van der Waals surface area contributed by atoms with Crippen molar-refractivity contribution in [2.75, 3.05) is 0 Å². The Labute approximate surface area is 199 Å². The molecule has 3 aromatic heterocycles. The fraction of sp³-hybridized carbons (Fsp3) is 0.269. The van der Waals surface area contributed by atoms with Crippen LogP contribution in [-0.2, 0) is 6.54 Å². The molecule has 1 saturated carbocycles. The van der Waals surface area contributed by atoms with Gasteiger partial charge >= 0.3 is 0 Å². The molecule has 0 atom stereocenters. The van der Waals surface area contributed by atoms with Gasteiger partial charge in [-0.3, -0.25) is 9.36 Å². The highest BCUT2D eigenvalue weighted by molar-refractivity contribution is 7.25. The number of hydrogen-bond acceptors (Lipinski definition) is 7. The third kappa shape index (κ3) is 3.54. The number of aromatic nitrogens is 3. The summed E-state index contributed by atoms with van der Waals surface area (Å²) in [5.41, 5.74) is 1.89.